The van der Waals surface area contributed by atoms with Crippen LogP contribution in [0.2, 0.25) is 0 Å². The molecule has 308 valence electrons. The molecule has 0 saturated heterocycles. The summed E-state index contributed by atoms with van der Waals surface area (Å²) >= 11 is 0. The van der Waals surface area contributed by atoms with Crippen LogP contribution in [0.3, 0.4) is 0 Å². The number of aromatic hydroxyl groups is 2. The second-order valence-corrected chi connectivity index (χ2v) is 20.9. The molecule has 2 rings (SSSR count). The standard InChI is InChI=1S/C50H84O4/c1-15-16-17-18-19-20-21-22-23-24-25-26-27-28-29-30-31-54-43(51)36-50(14,37-32-39(46(2,3)4)44(52)40(33-37)47(5,6)7)38-34-41(48(8,9)10)45(53)42(35-38)49(11,12)13/h32-35,52-53H,15-31,36H2,1-14H3. The van der Waals surface area contributed by atoms with Gasteiger partial charge in [0.25, 0.3) is 0 Å². The minimum absolute atomic E-state index is 0.155. The predicted molar refractivity (Wildman–Crippen MR) is 233 cm³/mol. The first kappa shape index (κ1) is 47.7. The summed E-state index contributed by atoms with van der Waals surface area (Å²) in [5.41, 5.74) is 3.33. The zero-order valence-electron chi connectivity index (χ0n) is 37.7. The van der Waals surface area contributed by atoms with Gasteiger partial charge in [0.05, 0.1) is 13.0 Å². The number of unbranched alkanes of at least 4 members (excludes halogenated alkanes) is 15. The summed E-state index contributed by atoms with van der Waals surface area (Å²) in [4.78, 5) is 13.9. The van der Waals surface area contributed by atoms with Gasteiger partial charge in [-0.15, -0.1) is 0 Å². The van der Waals surface area contributed by atoms with E-state index in [1.165, 1.54) is 89.9 Å². The number of ether oxygens (including phenoxy) is 1. The summed E-state index contributed by atoms with van der Waals surface area (Å²) in [6.45, 7) is 30.3. The molecular weight excluding hydrogens is 665 g/mol. The highest BCUT2D eigenvalue weighted by Crippen LogP contribution is 2.48. The fourth-order valence-electron chi connectivity index (χ4n) is 7.74. The van der Waals surface area contributed by atoms with E-state index < -0.39 is 5.41 Å². The number of hydrogen-bond donors (Lipinski definition) is 2. The third-order valence-electron chi connectivity index (χ3n) is 11.5. The molecule has 2 N–H and O–H groups in total. The van der Waals surface area contributed by atoms with Gasteiger partial charge in [-0.05, 0) is 61.5 Å². The number of benzene rings is 2. The summed E-state index contributed by atoms with van der Waals surface area (Å²) in [7, 11) is 0. The predicted octanol–water partition coefficient (Wildman–Crippen LogP) is 14.8. The lowest BCUT2D eigenvalue weighted by molar-refractivity contribution is -0.144. The number of rotatable bonds is 21. The molecule has 4 nitrogen and oxygen atoms in total. The lowest BCUT2D eigenvalue weighted by Crippen LogP contribution is -2.31. The van der Waals surface area contributed by atoms with Crippen LogP contribution in [0.15, 0.2) is 24.3 Å². The highest BCUT2D eigenvalue weighted by molar-refractivity contribution is 5.73. The third-order valence-corrected chi connectivity index (χ3v) is 11.5. The minimum atomic E-state index is -0.785. The van der Waals surface area contributed by atoms with Crippen LogP contribution >= 0.6 is 0 Å². The van der Waals surface area contributed by atoms with Crippen LogP contribution in [0.4, 0.5) is 0 Å². The Morgan fingerprint density at radius 2 is 0.722 bits per heavy atom. The van der Waals surface area contributed by atoms with Crippen molar-refractivity contribution in [1.29, 1.82) is 0 Å². The van der Waals surface area contributed by atoms with Gasteiger partial charge in [0, 0.05) is 5.41 Å². The number of phenols is 2. The van der Waals surface area contributed by atoms with Crippen LogP contribution in [0.5, 0.6) is 11.5 Å². The highest BCUT2D eigenvalue weighted by atomic mass is 16.5. The van der Waals surface area contributed by atoms with Crippen LogP contribution in [-0.4, -0.2) is 22.8 Å². The van der Waals surface area contributed by atoms with E-state index >= 15 is 0 Å². The molecule has 0 aliphatic heterocycles. The first-order valence-electron chi connectivity index (χ1n) is 21.9. The summed E-state index contributed by atoms with van der Waals surface area (Å²) in [6.07, 6.45) is 21.1. The van der Waals surface area contributed by atoms with Crippen molar-refractivity contribution in [3.8, 4) is 11.5 Å². The summed E-state index contributed by atoms with van der Waals surface area (Å²) in [5.74, 6) is 0.427. The van der Waals surface area contributed by atoms with Crippen LogP contribution in [0, 0.1) is 0 Å². The Morgan fingerprint density at radius 3 is 0.981 bits per heavy atom. The molecule has 0 unspecified atom stereocenters. The molecule has 0 radical (unpaired) electrons. The maximum atomic E-state index is 13.9. The van der Waals surface area contributed by atoms with Crippen LogP contribution in [0.1, 0.15) is 239 Å². The Hall–Kier alpha value is -2.49. The average Bonchev–Trinajstić information content (AvgIpc) is 3.04. The van der Waals surface area contributed by atoms with Crippen LogP contribution < -0.4 is 0 Å². The van der Waals surface area contributed by atoms with E-state index in [0.29, 0.717) is 18.1 Å². The van der Waals surface area contributed by atoms with E-state index in [1.807, 2.05) is 0 Å². The van der Waals surface area contributed by atoms with E-state index in [0.717, 1.165) is 46.2 Å². The Labute approximate surface area is 333 Å². The molecule has 0 spiro atoms. The smallest absolute Gasteiger partial charge is 0.307 e. The SMILES string of the molecule is CCCCCCCCCCCCCCCCCCOC(=O)CC(C)(c1cc(C(C)(C)C)c(O)c(C(C)(C)C)c1)c1cc(C(C)(C)C)c(O)c(C(C)(C)C)c1. The average molecular weight is 749 g/mol. The molecule has 0 amide bonds. The van der Waals surface area contributed by atoms with E-state index in [2.05, 4.69) is 121 Å². The lowest BCUT2D eigenvalue weighted by atomic mass is 9.67. The number of hydrogen-bond acceptors (Lipinski definition) is 4. The van der Waals surface area contributed by atoms with Crippen molar-refractivity contribution in [3.63, 3.8) is 0 Å². The Morgan fingerprint density at radius 1 is 0.463 bits per heavy atom. The van der Waals surface area contributed by atoms with E-state index in [-0.39, 0.29) is 34.1 Å². The zero-order valence-corrected chi connectivity index (χ0v) is 37.7. The molecule has 2 aromatic rings. The van der Waals surface area contributed by atoms with Crippen molar-refractivity contribution in [3.05, 3.63) is 57.6 Å². The number of carbonyl (C=O) groups excluding carboxylic acids is 1. The molecular formula is C50H84O4. The molecule has 54 heavy (non-hydrogen) atoms. The summed E-state index contributed by atoms with van der Waals surface area (Å²) < 4.78 is 6.00. The first-order valence-corrected chi connectivity index (χ1v) is 21.9. The topological polar surface area (TPSA) is 66.8 Å². The van der Waals surface area contributed by atoms with Gasteiger partial charge in [0.1, 0.15) is 11.5 Å². The largest absolute Gasteiger partial charge is 0.507 e. The number of carbonyl (C=O) groups is 1. The molecule has 0 aliphatic rings. The molecule has 0 bridgehead atoms. The van der Waals surface area contributed by atoms with Gasteiger partial charge < -0.3 is 14.9 Å². The van der Waals surface area contributed by atoms with E-state index in [9.17, 15) is 15.0 Å². The highest BCUT2D eigenvalue weighted by Gasteiger charge is 2.39. The second kappa shape index (κ2) is 20.6. The summed E-state index contributed by atoms with van der Waals surface area (Å²) in [5, 5.41) is 23.3. The monoisotopic (exact) mass is 749 g/mol. The maximum Gasteiger partial charge on any atom is 0.307 e. The maximum absolute atomic E-state index is 13.9. The van der Waals surface area contributed by atoms with Gasteiger partial charge in [0.2, 0.25) is 0 Å². The van der Waals surface area contributed by atoms with Gasteiger partial charge in [-0.25, -0.2) is 0 Å². The second-order valence-electron chi connectivity index (χ2n) is 20.9. The number of esters is 1. The lowest BCUT2D eigenvalue weighted by Gasteiger charge is -2.37. The van der Waals surface area contributed by atoms with Crippen molar-refractivity contribution in [1.82, 2.24) is 0 Å². The summed E-state index contributed by atoms with van der Waals surface area (Å²) in [6, 6.07) is 8.42. The van der Waals surface area contributed by atoms with Gasteiger partial charge in [-0.1, -0.05) is 218 Å². The normalized spacial score (nSPS) is 13.1. The quantitative estimate of drug-likeness (QED) is 0.0985. The zero-order chi connectivity index (χ0) is 41.0. The van der Waals surface area contributed by atoms with Crippen molar-refractivity contribution in [2.24, 2.45) is 0 Å². The minimum Gasteiger partial charge on any atom is -0.507 e. The fourth-order valence-corrected chi connectivity index (χ4v) is 7.74. The third kappa shape index (κ3) is 14.5. The Bertz CT molecular complexity index is 1290. The van der Waals surface area contributed by atoms with Gasteiger partial charge in [0.15, 0.2) is 0 Å². The fraction of sp³-hybridized carbons (Fsp3) is 0.740. The molecule has 0 fully saturated rings. The molecule has 2 aromatic carbocycles. The Kier molecular flexibility index (Phi) is 18.2. The molecule has 0 aromatic heterocycles. The molecule has 0 atom stereocenters. The van der Waals surface area contributed by atoms with Crippen LogP contribution in [0.25, 0.3) is 0 Å². The first-order chi connectivity index (χ1) is 24.9. The van der Waals surface area contributed by atoms with Crippen molar-refractivity contribution in [2.75, 3.05) is 6.61 Å². The molecule has 4 heteroatoms. The van der Waals surface area contributed by atoms with Crippen LogP contribution in [-0.2, 0) is 36.6 Å². The Balaban J connectivity index is 2.22. The van der Waals surface area contributed by atoms with Crippen molar-refractivity contribution in [2.45, 2.75) is 233 Å². The van der Waals surface area contributed by atoms with E-state index in [4.69, 9.17) is 4.74 Å². The number of phenolic OH excluding ortho intramolecular Hbond substituents is 2. The van der Waals surface area contributed by atoms with Crippen molar-refractivity contribution < 1.29 is 19.7 Å². The van der Waals surface area contributed by atoms with E-state index in [1.54, 1.807) is 0 Å². The molecule has 0 heterocycles. The van der Waals surface area contributed by atoms with Crippen molar-refractivity contribution >= 4 is 5.97 Å². The van der Waals surface area contributed by atoms with Gasteiger partial charge in [-0.2, -0.15) is 0 Å². The molecule has 0 aliphatic carbocycles. The van der Waals surface area contributed by atoms with Gasteiger partial charge in [-0.3, -0.25) is 4.79 Å². The molecule has 0 saturated carbocycles. The van der Waals surface area contributed by atoms with Gasteiger partial charge >= 0.3 is 5.97 Å².